The van der Waals surface area contributed by atoms with E-state index in [9.17, 15) is 19.2 Å². The number of imide groups is 1. The van der Waals surface area contributed by atoms with Crippen LogP contribution >= 0.6 is 11.3 Å². The van der Waals surface area contributed by atoms with E-state index in [0.717, 1.165) is 10.5 Å². The van der Waals surface area contributed by atoms with Gasteiger partial charge in [-0.15, -0.1) is 11.3 Å². The summed E-state index contributed by atoms with van der Waals surface area (Å²) in [5, 5.41) is 4.79. The van der Waals surface area contributed by atoms with Crippen LogP contribution in [-0.4, -0.2) is 41.2 Å². The van der Waals surface area contributed by atoms with Crippen molar-refractivity contribution in [3.05, 3.63) is 76.7 Å². The van der Waals surface area contributed by atoms with Gasteiger partial charge in [-0.2, -0.15) is 0 Å². The van der Waals surface area contributed by atoms with Crippen molar-refractivity contribution >= 4 is 40.0 Å². The number of nitrogens with zero attached hydrogens (tertiary/aromatic N) is 1. The number of rotatable bonds is 6. The molecule has 4 rings (SSSR count). The SMILES string of the molecule is CCOC(=O)c1c(-c2ccccc2)csc1NC(=O)C(C)N1C(=O)c2ccccc2C1=O. The standard InChI is InChI=1S/C24H20N2O5S/c1-3-31-24(30)19-18(15-9-5-4-6-10-15)13-32-21(19)25-20(27)14(2)26-22(28)16-11-7-8-12-17(16)23(26)29/h4-14H,3H2,1-2H3,(H,25,27). The minimum Gasteiger partial charge on any atom is -0.462 e. The highest BCUT2D eigenvalue weighted by molar-refractivity contribution is 7.15. The van der Waals surface area contributed by atoms with Crippen LogP contribution in [0.3, 0.4) is 0 Å². The zero-order valence-corrected chi connectivity index (χ0v) is 18.3. The van der Waals surface area contributed by atoms with Gasteiger partial charge in [-0.1, -0.05) is 42.5 Å². The number of ether oxygens (including phenoxy) is 1. The first-order valence-electron chi connectivity index (χ1n) is 10.1. The number of fused-ring (bicyclic) bond motifs is 1. The number of carbonyl (C=O) groups excluding carboxylic acids is 4. The molecule has 3 amide bonds. The Hall–Kier alpha value is -3.78. The Morgan fingerprint density at radius 1 is 0.969 bits per heavy atom. The number of esters is 1. The molecule has 2 heterocycles. The van der Waals surface area contributed by atoms with Crippen LogP contribution in [0.2, 0.25) is 0 Å². The number of nitrogens with one attached hydrogen (secondary N) is 1. The van der Waals surface area contributed by atoms with Crippen LogP contribution in [0.4, 0.5) is 5.00 Å². The lowest BCUT2D eigenvalue weighted by Gasteiger charge is -2.21. The Kier molecular flexibility index (Phi) is 5.87. The van der Waals surface area contributed by atoms with Gasteiger partial charge in [0.1, 0.15) is 16.6 Å². The summed E-state index contributed by atoms with van der Waals surface area (Å²) < 4.78 is 5.21. The van der Waals surface area contributed by atoms with Crippen molar-refractivity contribution in [2.75, 3.05) is 11.9 Å². The average Bonchev–Trinajstić information content (AvgIpc) is 3.33. The van der Waals surface area contributed by atoms with E-state index in [1.54, 1.807) is 36.6 Å². The molecule has 0 radical (unpaired) electrons. The van der Waals surface area contributed by atoms with Crippen LogP contribution in [0.25, 0.3) is 11.1 Å². The van der Waals surface area contributed by atoms with E-state index in [0.29, 0.717) is 10.6 Å². The molecule has 2 aromatic carbocycles. The summed E-state index contributed by atoms with van der Waals surface area (Å²) in [4.78, 5) is 52.1. The molecule has 0 saturated carbocycles. The Morgan fingerprint density at radius 2 is 1.56 bits per heavy atom. The molecule has 1 N–H and O–H groups in total. The smallest absolute Gasteiger partial charge is 0.341 e. The van der Waals surface area contributed by atoms with Crippen molar-refractivity contribution in [3.63, 3.8) is 0 Å². The normalized spacial score (nSPS) is 13.6. The molecule has 1 unspecified atom stereocenters. The van der Waals surface area contributed by atoms with Crippen LogP contribution in [0.5, 0.6) is 0 Å². The largest absolute Gasteiger partial charge is 0.462 e. The molecule has 32 heavy (non-hydrogen) atoms. The molecule has 7 nitrogen and oxygen atoms in total. The molecule has 3 aromatic rings. The van der Waals surface area contributed by atoms with E-state index in [1.165, 1.54) is 18.3 Å². The maximum atomic E-state index is 13.0. The summed E-state index contributed by atoms with van der Waals surface area (Å²) >= 11 is 1.18. The first-order valence-corrected chi connectivity index (χ1v) is 10.9. The maximum absolute atomic E-state index is 13.0. The predicted octanol–water partition coefficient (Wildman–Crippen LogP) is 4.22. The van der Waals surface area contributed by atoms with Gasteiger partial charge in [-0.25, -0.2) is 4.79 Å². The number of benzene rings is 2. The fourth-order valence-corrected chi connectivity index (χ4v) is 4.54. The van der Waals surface area contributed by atoms with Gasteiger partial charge in [0.05, 0.1) is 17.7 Å². The van der Waals surface area contributed by atoms with Crippen LogP contribution < -0.4 is 5.32 Å². The second-order valence-electron chi connectivity index (χ2n) is 7.13. The highest BCUT2D eigenvalue weighted by Crippen LogP contribution is 2.36. The van der Waals surface area contributed by atoms with Gasteiger partial charge < -0.3 is 10.1 Å². The Morgan fingerprint density at radius 3 is 2.16 bits per heavy atom. The van der Waals surface area contributed by atoms with E-state index in [4.69, 9.17) is 4.74 Å². The summed E-state index contributed by atoms with van der Waals surface area (Å²) in [6, 6.07) is 14.7. The lowest BCUT2D eigenvalue weighted by Crippen LogP contribution is -2.45. The van der Waals surface area contributed by atoms with Crippen LogP contribution in [0.1, 0.15) is 44.9 Å². The molecule has 0 aliphatic carbocycles. The van der Waals surface area contributed by atoms with Gasteiger partial charge in [-0.05, 0) is 31.5 Å². The quantitative estimate of drug-likeness (QED) is 0.450. The third-order valence-corrected chi connectivity index (χ3v) is 6.08. The second-order valence-corrected chi connectivity index (χ2v) is 8.01. The van der Waals surface area contributed by atoms with Crippen molar-refractivity contribution in [1.29, 1.82) is 0 Å². The summed E-state index contributed by atoms with van der Waals surface area (Å²) in [6.45, 7) is 3.36. The third-order valence-electron chi connectivity index (χ3n) is 5.18. The van der Waals surface area contributed by atoms with Gasteiger partial charge in [0.2, 0.25) is 5.91 Å². The number of anilines is 1. The van der Waals surface area contributed by atoms with Crippen molar-refractivity contribution in [3.8, 4) is 11.1 Å². The van der Waals surface area contributed by atoms with Gasteiger partial charge in [0.25, 0.3) is 11.8 Å². The number of hydrogen-bond donors (Lipinski definition) is 1. The highest BCUT2D eigenvalue weighted by atomic mass is 32.1. The zero-order chi connectivity index (χ0) is 22.8. The van der Waals surface area contributed by atoms with Crippen molar-refractivity contribution in [1.82, 2.24) is 4.90 Å². The lowest BCUT2D eigenvalue weighted by molar-refractivity contribution is -0.119. The number of carbonyl (C=O) groups is 4. The molecule has 1 atom stereocenters. The third kappa shape index (κ3) is 3.69. The van der Waals surface area contributed by atoms with Gasteiger partial charge in [-0.3, -0.25) is 19.3 Å². The molecule has 1 aromatic heterocycles. The molecule has 8 heteroatoms. The number of hydrogen-bond acceptors (Lipinski definition) is 6. The van der Waals surface area contributed by atoms with E-state index in [1.807, 2.05) is 30.3 Å². The topological polar surface area (TPSA) is 92.8 Å². The lowest BCUT2D eigenvalue weighted by atomic mass is 10.0. The molecule has 0 saturated heterocycles. The fourth-order valence-electron chi connectivity index (χ4n) is 3.58. The fraction of sp³-hybridized carbons (Fsp3) is 0.167. The number of thiophene rings is 1. The molecular formula is C24H20N2O5S. The molecular weight excluding hydrogens is 428 g/mol. The van der Waals surface area contributed by atoms with Crippen molar-refractivity contribution in [2.45, 2.75) is 19.9 Å². The minimum absolute atomic E-state index is 0.182. The summed E-state index contributed by atoms with van der Waals surface area (Å²) in [7, 11) is 0. The summed E-state index contributed by atoms with van der Waals surface area (Å²) in [6.07, 6.45) is 0. The first-order chi connectivity index (χ1) is 15.4. The van der Waals surface area contributed by atoms with Gasteiger partial charge in [0.15, 0.2) is 0 Å². The van der Waals surface area contributed by atoms with Crippen LogP contribution in [0.15, 0.2) is 60.0 Å². The monoisotopic (exact) mass is 448 g/mol. The Balaban J connectivity index is 1.62. The van der Waals surface area contributed by atoms with E-state index in [-0.39, 0.29) is 23.3 Å². The van der Waals surface area contributed by atoms with Gasteiger partial charge in [0, 0.05) is 10.9 Å². The van der Waals surface area contributed by atoms with Crippen molar-refractivity contribution in [2.24, 2.45) is 0 Å². The second kappa shape index (κ2) is 8.76. The highest BCUT2D eigenvalue weighted by Gasteiger charge is 2.41. The van der Waals surface area contributed by atoms with E-state index < -0.39 is 29.7 Å². The molecule has 162 valence electrons. The molecule has 1 aliphatic heterocycles. The van der Waals surface area contributed by atoms with Gasteiger partial charge >= 0.3 is 5.97 Å². The van der Waals surface area contributed by atoms with Crippen LogP contribution in [-0.2, 0) is 9.53 Å². The molecule has 0 bridgehead atoms. The predicted molar refractivity (Wildman–Crippen MR) is 121 cm³/mol. The first kappa shape index (κ1) is 21.5. The molecule has 0 spiro atoms. The Bertz CT molecular complexity index is 1180. The van der Waals surface area contributed by atoms with Crippen molar-refractivity contribution < 1.29 is 23.9 Å². The summed E-state index contributed by atoms with van der Waals surface area (Å²) in [5.41, 5.74) is 2.23. The van der Waals surface area contributed by atoms with E-state index >= 15 is 0 Å². The van der Waals surface area contributed by atoms with E-state index in [2.05, 4.69) is 5.32 Å². The molecule has 1 aliphatic rings. The Labute approximate surface area is 188 Å². The average molecular weight is 449 g/mol. The summed E-state index contributed by atoms with van der Waals surface area (Å²) in [5.74, 6) is -2.17. The zero-order valence-electron chi connectivity index (χ0n) is 17.5. The minimum atomic E-state index is -1.07. The maximum Gasteiger partial charge on any atom is 0.341 e. The number of amides is 3. The van der Waals surface area contributed by atoms with Crippen LogP contribution in [0, 0.1) is 0 Å². The molecule has 0 fully saturated rings.